The summed E-state index contributed by atoms with van der Waals surface area (Å²) < 4.78 is 20.3. The van der Waals surface area contributed by atoms with Crippen LogP contribution in [0.5, 0.6) is 11.5 Å². The maximum atomic E-state index is 13.3. The van der Waals surface area contributed by atoms with Gasteiger partial charge in [0.15, 0.2) is 0 Å². The van der Waals surface area contributed by atoms with Gasteiger partial charge in [0, 0.05) is 11.2 Å². The lowest BCUT2D eigenvalue weighted by atomic mass is 10.1. The van der Waals surface area contributed by atoms with E-state index in [2.05, 4.69) is 10.4 Å². The van der Waals surface area contributed by atoms with Crippen LogP contribution in [-0.2, 0) is 0 Å². The van der Waals surface area contributed by atoms with Gasteiger partial charge in [0.05, 0.1) is 24.2 Å². The third kappa shape index (κ3) is 5.25. The lowest BCUT2D eigenvalue weighted by molar-refractivity contribution is 0.329. The fourth-order valence-electron chi connectivity index (χ4n) is 3.10. The molecule has 7 nitrogen and oxygen atoms in total. The zero-order chi connectivity index (χ0) is 24.1. The topological polar surface area (TPSA) is 102 Å². The first kappa shape index (κ1) is 23.0. The molecule has 0 aliphatic heterocycles. The van der Waals surface area contributed by atoms with Crippen LogP contribution in [0.25, 0.3) is 16.8 Å². The van der Waals surface area contributed by atoms with Crippen LogP contribution in [-0.4, -0.2) is 21.5 Å². The number of rotatable bonds is 7. The van der Waals surface area contributed by atoms with Gasteiger partial charge in [0.1, 0.15) is 17.3 Å². The highest BCUT2D eigenvalue weighted by Gasteiger charge is 2.15. The van der Waals surface area contributed by atoms with Gasteiger partial charge in [0.25, 0.3) is 0 Å². The number of nitrogens with two attached hydrogens (primary N) is 1. The minimum atomic E-state index is -0.522. The van der Waals surface area contributed by atoms with E-state index in [4.69, 9.17) is 27.2 Å². The van der Waals surface area contributed by atoms with E-state index in [1.165, 1.54) is 29.2 Å². The molecular weight excluding hydrogens is 459 g/mol. The van der Waals surface area contributed by atoms with E-state index in [0.29, 0.717) is 16.5 Å². The van der Waals surface area contributed by atoms with Crippen LogP contribution in [0.15, 0.2) is 95.7 Å². The molecule has 0 saturated heterocycles. The number of hydrogen-bond acceptors (Lipinski definition) is 6. The number of aromatic nitrogens is 2. The third-order valence-corrected chi connectivity index (χ3v) is 5.10. The van der Waals surface area contributed by atoms with E-state index in [9.17, 15) is 9.18 Å². The van der Waals surface area contributed by atoms with Crippen molar-refractivity contribution in [2.24, 2.45) is 5.73 Å². The molecule has 0 amide bonds. The average Bonchev–Trinajstić information content (AvgIpc) is 2.86. The molecule has 4 rings (SSSR count). The first-order valence-corrected chi connectivity index (χ1v) is 10.6. The fourth-order valence-corrected chi connectivity index (χ4v) is 3.22. The maximum absolute atomic E-state index is 13.3. The minimum absolute atomic E-state index is 0.0264. The smallest absolute Gasteiger partial charge is 0.316 e. The summed E-state index contributed by atoms with van der Waals surface area (Å²) >= 11 is 5.95. The summed E-state index contributed by atoms with van der Waals surface area (Å²) in [4.78, 5) is 13.3. The van der Waals surface area contributed by atoms with Gasteiger partial charge in [-0.05, 0) is 59.7 Å². The summed E-state index contributed by atoms with van der Waals surface area (Å²) in [5.41, 5.74) is 7.75. The minimum Gasteiger partial charge on any atom is -0.449 e. The van der Waals surface area contributed by atoms with Crippen molar-refractivity contribution in [3.8, 4) is 28.3 Å². The first-order chi connectivity index (χ1) is 16.4. The standard InChI is InChI=1S/C25H20ClFN4O3/c26-18-5-9-21(10-6-18)31-25(33)24(23(14-30-31)29-13-20(28)15-32)34-22-11-3-17(4-12-22)16-1-7-19(27)8-2-16/h1-14,29,32H,15,28H2/b20-13-. The number of nitrogens with one attached hydrogen (secondary N) is 1. The van der Waals surface area contributed by atoms with Crippen molar-refractivity contribution in [3.05, 3.63) is 112 Å². The Bertz CT molecular complexity index is 1370. The molecule has 0 unspecified atom stereocenters. The van der Waals surface area contributed by atoms with Crippen LogP contribution in [0.2, 0.25) is 5.02 Å². The second-order valence-corrected chi connectivity index (χ2v) is 7.67. The maximum Gasteiger partial charge on any atom is 0.316 e. The van der Waals surface area contributed by atoms with Crippen LogP contribution in [0.3, 0.4) is 0 Å². The molecule has 0 radical (unpaired) electrons. The van der Waals surface area contributed by atoms with Gasteiger partial charge in [-0.2, -0.15) is 9.78 Å². The molecule has 34 heavy (non-hydrogen) atoms. The second kappa shape index (κ2) is 10.2. The number of hydrogen-bond donors (Lipinski definition) is 3. The molecule has 9 heteroatoms. The summed E-state index contributed by atoms with van der Waals surface area (Å²) in [6.07, 6.45) is 2.77. The quantitative estimate of drug-likeness (QED) is 0.356. The highest BCUT2D eigenvalue weighted by Crippen LogP contribution is 2.28. The van der Waals surface area contributed by atoms with Gasteiger partial charge in [-0.1, -0.05) is 35.9 Å². The largest absolute Gasteiger partial charge is 0.449 e. The molecule has 1 heterocycles. The van der Waals surface area contributed by atoms with Crippen LogP contribution in [0, 0.1) is 5.82 Å². The van der Waals surface area contributed by atoms with Crippen molar-refractivity contribution >= 4 is 17.3 Å². The van der Waals surface area contributed by atoms with Gasteiger partial charge in [0.2, 0.25) is 5.75 Å². The molecule has 0 fully saturated rings. The monoisotopic (exact) mass is 478 g/mol. The first-order valence-electron chi connectivity index (χ1n) is 10.2. The van der Waals surface area contributed by atoms with Crippen molar-refractivity contribution in [1.29, 1.82) is 0 Å². The van der Waals surface area contributed by atoms with E-state index in [0.717, 1.165) is 11.1 Å². The van der Waals surface area contributed by atoms with Crippen molar-refractivity contribution < 1.29 is 14.2 Å². The van der Waals surface area contributed by atoms with Crippen LogP contribution >= 0.6 is 11.6 Å². The zero-order valence-electron chi connectivity index (χ0n) is 17.8. The van der Waals surface area contributed by atoms with E-state index in [1.54, 1.807) is 60.7 Å². The van der Waals surface area contributed by atoms with E-state index < -0.39 is 5.56 Å². The molecule has 4 N–H and O–H groups in total. The second-order valence-electron chi connectivity index (χ2n) is 7.24. The molecule has 0 atom stereocenters. The van der Waals surface area contributed by atoms with Gasteiger partial charge >= 0.3 is 5.56 Å². The molecule has 0 saturated carbocycles. The number of nitrogens with zero attached hydrogens (tertiary/aromatic N) is 2. The molecular formula is C25H20ClFN4O3. The van der Waals surface area contributed by atoms with E-state index >= 15 is 0 Å². The van der Waals surface area contributed by atoms with Gasteiger partial charge in [-0.15, -0.1) is 0 Å². The Balaban J connectivity index is 1.70. The zero-order valence-corrected chi connectivity index (χ0v) is 18.5. The molecule has 0 bridgehead atoms. The summed E-state index contributed by atoms with van der Waals surface area (Å²) in [5.74, 6) is 0.0646. The van der Waals surface area contributed by atoms with E-state index in [-0.39, 0.29) is 29.6 Å². The SMILES string of the molecule is N/C(=C\Nc1cnn(-c2ccc(Cl)cc2)c(=O)c1Oc1ccc(-c2ccc(F)cc2)cc1)CO. The van der Waals surface area contributed by atoms with Crippen molar-refractivity contribution in [3.63, 3.8) is 0 Å². The molecule has 0 spiro atoms. The predicted molar refractivity (Wildman–Crippen MR) is 130 cm³/mol. The Morgan fingerprint density at radius 2 is 1.68 bits per heavy atom. The predicted octanol–water partition coefficient (Wildman–Crippen LogP) is 4.69. The summed E-state index contributed by atoms with van der Waals surface area (Å²) in [7, 11) is 0. The van der Waals surface area contributed by atoms with Crippen LogP contribution in [0.1, 0.15) is 0 Å². The normalized spacial score (nSPS) is 11.3. The highest BCUT2D eigenvalue weighted by atomic mass is 35.5. The van der Waals surface area contributed by atoms with Crippen LogP contribution in [0.4, 0.5) is 10.1 Å². The number of aliphatic hydroxyl groups is 1. The fraction of sp³-hybridized carbons (Fsp3) is 0.0400. The number of benzene rings is 3. The Morgan fingerprint density at radius 3 is 2.29 bits per heavy atom. The molecule has 1 aromatic heterocycles. The van der Waals surface area contributed by atoms with Crippen LogP contribution < -0.4 is 21.3 Å². The Labute approximate surface area is 199 Å². The summed E-state index contributed by atoms with van der Waals surface area (Å²) in [5, 5.41) is 16.7. The lowest BCUT2D eigenvalue weighted by Crippen LogP contribution is -2.23. The lowest BCUT2D eigenvalue weighted by Gasteiger charge is -2.13. The highest BCUT2D eigenvalue weighted by molar-refractivity contribution is 6.30. The number of aliphatic hydroxyl groups excluding tert-OH is 1. The summed E-state index contributed by atoms with van der Waals surface area (Å²) in [6, 6.07) is 19.8. The summed E-state index contributed by atoms with van der Waals surface area (Å²) in [6.45, 7) is -0.358. The Hall–Kier alpha value is -4.14. The molecule has 172 valence electrons. The number of ether oxygens (including phenoxy) is 1. The van der Waals surface area contributed by atoms with Gasteiger partial charge in [-0.3, -0.25) is 4.79 Å². The average molecular weight is 479 g/mol. The molecule has 4 aromatic rings. The van der Waals surface area contributed by atoms with Gasteiger partial charge < -0.3 is 20.9 Å². The molecule has 0 aliphatic rings. The molecule has 0 aliphatic carbocycles. The Morgan fingerprint density at radius 1 is 1.06 bits per heavy atom. The third-order valence-electron chi connectivity index (χ3n) is 4.85. The van der Waals surface area contributed by atoms with Crippen molar-refractivity contribution in [2.45, 2.75) is 0 Å². The Kier molecular flexibility index (Phi) is 6.91. The van der Waals surface area contributed by atoms with Gasteiger partial charge in [-0.25, -0.2) is 4.39 Å². The number of anilines is 1. The number of halogens is 2. The van der Waals surface area contributed by atoms with Crippen molar-refractivity contribution in [1.82, 2.24) is 9.78 Å². The van der Waals surface area contributed by atoms with Crippen molar-refractivity contribution in [2.75, 3.05) is 11.9 Å². The molecule has 3 aromatic carbocycles. The van der Waals surface area contributed by atoms with E-state index in [1.807, 2.05) is 0 Å².